The largest absolute Gasteiger partial charge is 0.459 e. The standard InChI is InChI=1S/C17H20N2OS/c1-12(17-8-5-9-21-17)19(2)11-16-14(10-18)13-6-3-4-7-15(13)20-16/h3-9,12H,10-11,18H2,1-2H3. The molecule has 1 unspecified atom stereocenters. The molecule has 3 nitrogen and oxygen atoms in total. The van der Waals surface area contributed by atoms with E-state index in [1.807, 2.05) is 18.2 Å². The molecule has 4 heteroatoms. The molecular formula is C17H20N2OS. The van der Waals surface area contributed by atoms with E-state index in [2.05, 4.69) is 42.5 Å². The minimum absolute atomic E-state index is 0.365. The molecular weight excluding hydrogens is 280 g/mol. The second-order valence-electron chi connectivity index (χ2n) is 5.31. The maximum atomic E-state index is 6.01. The topological polar surface area (TPSA) is 42.4 Å². The third-order valence-corrected chi connectivity index (χ3v) is 5.04. The third-order valence-electron chi connectivity index (χ3n) is 4.00. The van der Waals surface area contributed by atoms with E-state index in [0.717, 1.165) is 28.8 Å². The summed E-state index contributed by atoms with van der Waals surface area (Å²) >= 11 is 1.79. The summed E-state index contributed by atoms with van der Waals surface area (Å²) in [4.78, 5) is 3.66. The number of benzene rings is 1. The lowest BCUT2D eigenvalue weighted by molar-refractivity contribution is 0.236. The van der Waals surface area contributed by atoms with Crippen LogP contribution in [0.1, 0.15) is 29.2 Å². The molecule has 3 rings (SSSR count). The lowest BCUT2D eigenvalue weighted by Gasteiger charge is -2.23. The summed E-state index contributed by atoms with van der Waals surface area (Å²) in [6, 6.07) is 12.7. The fourth-order valence-electron chi connectivity index (χ4n) is 2.61. The monoisotopic (exact) mass is 300 g/mol. The van der Waals surface area contributed by atoms with Gasteiger partial charge in [0.1, 0.15) is 11.3 Å². The Labute approximate surface area is 129 Å². The van der Waals surface area contributed by atoms with Gasteiger partial charge in [-0.2, -0.15) is 0 Å². The van der Waals surface area contributed by atoms with Gasteiger partial charge in [-0.15, -0.1) is 11.3 Å². The van der Waals surface area contributed by atoms with Gasteiger partial charge in [0.15, 0.2) is 0 Å². The average molecular weight is 300 g/mol. The minimum Gasteiger partial charge on any atom is -0.459 e. The highest BCUT2D eigenvalue weighted by Crippen LogP contribution is 2.29. The van der Waals surface area contributed by atoms with E-state index in [1.54, 1.807) is 11.3 Å². The summed E-state index contributed by atoms with van der Waals surface area (Å²) in [5, 5.41) is 3.25. The van der Waals surface area contributed by atoms with Gasteiger partial charge in [0.05, 0.1) is 6.54 Å². The van der Waals surface area contributed by atoms with Crippen molar-refractivity contribution in [2.24, 2.45) is 5.73 Å². The number of furan rings is 1. The third kappa shape index (κ3) is 2.75. The van der Waals surface area contributed by atoms with Gasteiger partial charge in [-0.25, -0.2) is 0 Å². The maximum absolute atomic E-state index is 6.01. The minimum atomic E-state index is 0.365. The number of thiophene rings is 1. The lowest BCUT2D eigenvalue weighted by atomic mass is 10.1. The molecule has 2 aromatic heterocycles. The van der Waals surface area contributed by atoms with Crippen molar-refractivity contribution in [3.05, 3.63) is 58.0 Å². The number of fused-ring (bicyclic) bond motifs is 1. The summed E-state index contributed by atoms with van der Waals surface area (Å²) < 4.78 is 6.01. The van der Waals surface area contributed by atoms with Crippen molar-refractivity contribution in [3.63, 3.8) is 0 Å². The second-order valence-corrected chi connectivity index (χ2v) is 6.29. The van der Waals surface area contributed by atoms with Crippen LogP contribution in [-0.4, -0.2) is 11.9 Å². The molecule has 0 aliphatic heterocycles. The zero-order chi connectivity index (χ0) is 14.8. The van der Waals surface area contributed by atoms with Crippen LogP contribution in [0.5, 0.6) is 0 Å². The molecule has 0 fully saturated rings. The number of hydrogen-bond acceptors (Lipinski definition) is 4. The van der Waals surface area contributed by atoms with E-state index in [4.69, 9.17) is 10.2 Å². The Morgan fingerprint density at radius 2 is 2.05 bits per heavy atom. The first-order valence-electron chi connectivity index (χ1n) is 7.13. The highest BCUT2D eigenvalue weighted by molar-refractivity contribution is 7.10. The van der Waals surface area contributed by atoms with Gasteiger partial charge in [0.2, 0.25) is 0 Å². The molecule has 0 aliphatic carbocycles. The van der Waals surface area contributed by atoms with Gasteiger partial charge in [-0.1, -0.05) is 24.3 Å². The van der Waals surface area contributed by atoms with Gasteiger partial charge >= 0.3 is 0 Å². The summed E-state index contributed by atoms with van der Waals surface area (Å²) in [6.07, 6.45) is 0. The quantitative estimate of drug-likeness (QED) is 0.770. The molecule has 1 aromatic carbocycles. The van der Waals surface area contributed by atoms with Gasteiger partial charge in [-0.3, -0.25) is 4.90 Å². The molecule has 0 bridgehead atoms. The number of hydrogen-bond donors (Lipinski definition) is 1. The molecule has 3 aromatic rings. The van der Waals surface area contributed by atoms with Crippen LogP contribution in [0.25, 0.3) is 11.0 Å². The molecule has 0 aliphatic rings. The Morgan fingerprint density at radius 3 is 2.76 bits per heavy atom. The van der Waals surface area contributed by atoms with E-state index in [0.29, 0.717) is 12.6 Å². The molecule has 0 radical (unpaired) electrons. The van der Waals surface area contributed by atoms with Crippen LogP contribution in [0.15, 0.2) is 46.2 Å². The van der Waals surface area contributed by atoms with Crippen molar-refractivity contribution in [1.82, 2.24) is 4.90 Å². The van der Waals surface area contributed by atoms with Crippen molar-refractivity contribution in [1.29, 1.82) is 0 Å². The van der Waals surface area contributed by atoms with Crippen molar-refractivity contribution in [3.8, 4) is 0 Å². The van der Waals surface area contributed by atoms with Gasteiger partial charge in [0.25, 0.3) is 0 Å². The number of nitrogens with zero attached hydrogens (tertiary/aromatic N) is 1. The molecule has 0 amide bonds. The van der Waals surface area contributed by atoms with Crippen molar-refractivity contribution in [2.45, 2.75) is 26.1 Å². The van der Waals surface area contributed by atoms with Crippen LogP contribution < -0.4 is 5.73 Å². The smallest absolute Gasteiger partial charge is 0.134 e. The Hall–Kier alpha value is -1.62. The van der Waals surface area contributed by atoms with Crippen molar-refractivity contribution in [2.75, 3.05) is 7.05 Å². The SMILES string of the molecule is CC(c1cccs1)N(C)Cc1oc2ccccc2c1CN. The van der Waals surface area contributed by atoms with Crippen LogP contribution in [0.2, 0.25) is 0 Å². The maximum Gasteiger partial charge on any atom is 0.134 e. The Balaban J connectivity index is 1.87. The lowest BCUT2D eigenvalue weighted by Crippen LogP contribution is -2.21. The normalized spacial score (nSPS) is 13.1. The predicted molar refractivity (Wildman–Crippen MR) is 88.3 cm³/mol. The molecule has 21 heavy (non-hydrogen) atoms. The van der Waals surface area contributed by atoms with Crippen LogP contribution in [0.4, 0.5) is 0 Å². The van der Waals surface area contributed by atoms with Crippen LogP contribution >= 0.6 is 11.3 Å². The molecule has 110 valence electrons. The summed E-state index contributed by atoms with van der Waals surface area (Å²) in [5.74, 6) is 0.976. The van der Waals surface area contributed by atoms with E-state index in [-0.39, 0.29) is 0 Å². The first kappa shape index (κ1) is 14.3. The molecule has 0 saturated heterocycles. The van der Waals surface area contributed by atoms with Gasteiger partial charge in [-0.05, 0) is 31.5 Å². The molecule has 0 spiro atoms. The van der Waals surface area contributed by atoms with E-state index < -0.39 is 0 Å². The summed E-state index contributed by atoms with van der Waals surface area (Å²) in [6.45, 7) is 3.49. The Bertz CT molecular complexity index is 718. The molecule has 0 saturated carbocycles. The fraction of sp³-hybridized carbons (Fsp3) is 0.294. The fourth-order valence-corrected chi connectivity index (χ4v) is 3.46. The average Bonchev–Trinajstić information content (AvgIpc) is 3.13. The molecule has 2 N–H and O–H groups in total. The van der Waals surface area contributed by atoms with Crippen LogP contribution in [0.3, 0.4) is 0 Å². The summed E-state index contributed by atoms with van der Waals surface area (Å²) in [5.41, 5.74) is 7.97. The number of nitrogens with two attached hydrogens (primary N) is 1. The van der Waals surface area contributed by atoms with Crippen LogP contribution in [0, 0.1) is 0 Å². The van der Waals surface area contributed by atoms with Crippen molar-refractivity contribution >= 4 is 22.3 Å². The van der Waals surface area contributed by atoms with E-state index in [1.165, 1.54) is 4.88 Å². The van der Waals surface area contributed by atoms with Gasteiger partial charge in [0, 0.05) is 28.4 Å². The zero-order valence-electron chi connectivity index (χ0n) is 12.4. The predicted octanol–water partition coefficient (Wildman–Crippen LogP) is 4.15. The Morgan fingerprint density at radius 1 is 1.24 bits per heavy atom. The Kier molecular flexibility index (Phi) is 4.10. The van der Waals surface area contributed by atoms with E-state index >= 15 is 0 Å². The number of para-hydroxylation sites is 1. The zero-order valence-corrected chi connectivity index (χ0v) is 13.2. The molecule has 1 atom stereocenters. The molecule has 2 heterocycles. The highest BCUT2D eigenvalue weighted by atomic mass is 32.1. The van der Waals surface area contributed by atoms with Gasteiger partial charge < -0.3 is 10.2 Å². The summed E-state index contributed by atoms with van der Waals surface area (Å²) in [7, 11) is 2.12. The van der Waals surface area contributed by atoms with Crippen LogP contribution in [-0.2, 0) is 13.1 Å². The highest BCUT2D eigenvalue weighted by Gasteiger charge is 2.18. The number of rotatable bonds is 5. The second kappa shape index (κ2) is 6.02. The van der Waals surface area contributed by atoms with Crippen molar-refractivity contribution < 1.29 is 4.42 Å². The first-order chi connectivity index (χ1) is 10.2. The van der Waals surface area contributed by atoms with E-state index in [9.17, 15) is 0 Å². The first-order valence-corrected chi connectivity index (χ1v) is 8.01.